The van der Waals surface area contributed by atoms with E-state index in [0.717, 1.165) is 0 Å². The van der Waals surface area contributed by atoms with Crippen LogP contribution in [-0.2, 0) is 4.74 Å². The third kappa shape index (κ3) is 2.50. The Kier molecular flexibility index (Phi) is 3.79. The van der Waals surface area contributed by atoms with E-state index in [2.05, 4.69) is 15.6 Å². The fourth-order valence-corrected chi connectivity index (χ4v) is 1.92. The van der Waals surface area contributed by atoms with Gasteiger partial charge in [0, 0.05) is 6.54 Å². The smallest absolute Gasteiger partial charge is 0.191 e. The Balaban J connectivity index is 1.98. The normalized spacial score (nSPS) is 38.7. The number of aliphatic hydroxyl groups is 4. The third-order valence-electron chi connectivity index (χ3n) is 2.86. The van der Waals surface area contributed by atoms with Gasteiger partial charge in [0.25, 0.3) is 0 Å². The highest BCUT2D eigenvalue weighted by Gasteiger charge is 2.45. The maximum Gasteiger partial charge on any atom is 0.191 e. The molecule has 2 aliphatic rings. The van der Waals surface area contributed by atoms with Crippen LogP contribution >= 0.6 is 0 Å². The van der Waals surface area contributed by atoms with Crippen LogP contribution in [0.2, 0.25) is 0 Å². The van der Waals surface area contributed by atoms with Gasteiger partial charge in [-0.25, -0.2) is 0 Å². The Bertz CT molecular complexity index is 300. The SMILES string of the molecule is OC[C@H](NC1=NCCN1)[C@H]1OC(O)[C@H](O)[C@H]1O. The second-order valence-electron chi connectivity index (χ2n) is 4.06. The molecule has 0 spiro atoms. The highest BCUT2D eigenvalue weighted by atomic mass is 16.6. The predicted molar refractivity (Wildman–Crippen MR) is 57.2 cm³/mol. The Morgan fingerprint density at radius 2 is 2.18 bits per heavy atom. The molecule has 0 saturated carbocycles. The van der Waals surface area contributed by atoms with E-state index >= 15 is 0 Å². The van der Waals surface area contributed by atoms with Crippen molar-refractivity contribution in [3.63, 3.8) is 0 Å². The molecule has 5 atom stereocenters. The fraction of sp³-hybridized carbons (Fsp3) is 0.889. The number of guanidine groups is 1. The summed E-state index contributed by atoms with van der Waals surface area (Å²) in [7, 11) is 0. The quantitative estimate of drug-likeness (QED) is 0.303. The van der Waals surface area contributed by atoms with Gasteiger partial charge in [-0.3, -0.25) is 4.99 Å². The van der Waals surface area contributed by atoms with Crippen molar-refractivity contribution in [2.75, 3.05) is 19.7 Å². The van der Waals surface area contributed by atoms with Crippen LogP contribution in [0.4, 0.5) is 0 Å². The minimum atomic E-state index is -1.44. The summed E-state index contributed by atoms with van der Waals surface area (Å²) in [4.78, 5) is 4.08. The van der Waals surface area contributed by atoms with Crippen molar-refractivity contribution in [2.45, 2.75) is 30.6 Å². The number of hydrogen-bond donors (Lipinski definition) is 6. The van der Waals surface area contributed by atoms with E-state index < -0.39 is 30.6 Å². The molecule has 0 radical (unpaired) electrons. The van der Waals surface area contributed by atoms with Gasteiger partial charge < -0.3 is 35.8 Å². The summed E-state index contributed by atoms with van der Waals surface area (Å²) < 4.78 is 5.00. The number of aliphatic hydroxyl groups excluding tert-OH is 4. The van der Waals surface area contributed by atoms with Crippen LogP contribution in [0.5, 0.6) is 0 Å². The van der Waals surface area contributed by atoms with Crippen molar-refractivity contribution < 1.29 is 25.2 Å². The molecule has 8 heteroatoms. The van der Waals surface area contributed by atoms with E-state index in [-0.39, 0.29) is 6.61 Å². The summed E-state index contributed by atoms with van der Waals surface area (Å²) in [6.45, 7) is 1.03. The van der Waals surface area contributed by atoms with Crippen LogP contribution in [0.1, 0.15) is 0 Å². The second-order valence-corrected chi connectivity index (χ2v) is 4.06. The molecule has 6 N–H and O–H groups in total. The topological polar surface area (TPSA) is 127 Å². The lowest BCUT2D eigenvalue weighted by Crippen LogP contribution is -2.53. The molecule has 0 aliphatic carbocycles. The Morgan fingerprint density at radius 3 is 2.65 bits per heavy atom. The monoisotopic (exact) mass is 247 g/mol. The Hall–Kier alpha value is -0.930. The van der Waals surface area contributed by atoms with Crippen LogP contribution in [0, 0.1) is 0 Å². The summed E-state index contributed by atoms with van der Waals surface area (Å²) in [5.74, 6) is 0.510. The Morgan fingerprint density at radius 1 is 1.41 bits per heavy atom. The number of rotatable bonds is 3. The summed E-state index contributed by atoms with van der Waals surface area (Å²) in [5, 5.41) is 43.3. The fourth-order valence-electron chi connectivity index (χ4n) is 1.92. The van der Waals surface area contributed by atoms with Gasteiger partial charge >= 0.3 is 0 Å². The third-order valence-corrected chi connectivity index (χ3v) is 2.86. The van der Waals surface area contributed by atoms with Gasteiger partial charge in [0.1, 0.15) is 18.3 Å². The molecule has 2 aliphatic heterocycles. The second kappa shape index (κ2) is 5.15. The van der Waals surface area contributed by atoms with Crippen molar-refractivity contribution in [3.05, 3.63) is 0 Å². The van der Waals surface area contributed by atoms with Gasteiger partial charge in [-0.05, 0) is 0 Å². The molecule has 2 rings (SSSR count). The van der Waals surface area contributed by atoms with Crippen LogP contribution in [-0.4, -0.2) is 76.7 Å². The molecule has 1 fully saturated rings. The van der Waals surface area contributed by atoms with Gasteiger partial charge in [-0.15, -0.1) is 0 Å². The summed E-state index contributed by atoms with van der Waals surface area (Å²) in [6, 6.07) is -0.652. The van der Waals surface area contributed by atoms with Crippen molar-refractivity contribution in [1.82, 2.24) is 10.6 Å². The number of nitrogens with zero attached hydrogens (tertiary/aromatic N) is 1. The summed E-state index contributed by atoms with van der Waals surface area (Å²) in [6.07, 6.45) is -4.95. The van der Waals surface area contributed by atoms with Crippen LogP contribution in [0.25, 0.3) is 0 Å². The van der Waals surface area contributed by atoms with Gasteiger partial charge in [0.15, 0.2) is 12.2 Å². The van der Waals surface area contributed by atoms with Gasteiger partial charge in [0.2, 0.25) is 0 Å². The van der Waals surface area contributed by atoms with Gasteiger partial charge in [-0.1, -0.05) is 0 Å². The van der Waals surface area contributed by atoms with Crippen LogP contribution < -0.4 is 10.6 Å². The first-order valence-electron chi connectivity index (χ1n) is 5.49. The number of nitrogens with one attached hydrogen (secondary N) is 2. The lowest BCUT2D eigenvalue weighted by Gasteiger charge is -2.25. The largest absolute Gasteiger partial charge is 0.394 e. The lowest BCUT2D eigenvalue weighted by atomic mass is 10.0. The minimum Gasteiger partial charge on any atom is -0.394 e. The zero-order valence-electron chi connectivity index (χ0n) is 9.15. The van der Waals surface area contributed by atoms with E-state index in [0.29, 0.717) is 19.0 Å². The zero-order valence-corrected chi connectivity index (χ0v) is 9.15. The number of ether oxygens (including phenoxy) is 1. The minimum absolute atomic E-state index is 0.318. The van der Waals surface area contributed by atoms with Gasteiger partial charge in [-0.2, -0.15) is 0 Å². The van der Waals surface area contributed by atoms with E-state index in [1.807, 2.05) is 0 Å². The summed E-state index contributed by atoms with van der Waals surface area (Å²) in [5.41, 5.74) is 0. The molecular formula is C9H17N3O5. The first-order chi connectivity index (χ1) is 8.13. The molecule has 0 amide bonds. The molecular weight excluding hydrogens is 230 g/mol. The number of hydrogen-bond acceptors (Lipinski definition) is 8. The molecule has 0 aromatic heterocycles. The van der Waals surface area contributed by atoms with Crippen molar-refractivity contribution in [1.29, 1.82) is 0 Å². The van der Waals surface area contributed by atoms with Crippen molar-refractivity contribution in [2.24, 2.45) is 4.99 Å². The summed E-state index contributed by atoms with van der Waals surface area (Å²) >= 11 is 0. The average Bonchev–Trinajstić information content (AvgIpc) is 2.91. The standard InChI is InChI=1S/C9H17N3O5/c13-3-4(12-9-10-1-2-11-9)7-5(14)6(15)8(16)17-7/h4-8,13-16H,1-3H2,(H2,10,11,12)/t4-,5+,6+,7+,8?/m0/s1. The van der Waals surface area contributed by atoms with E-state index in [1.54, 1.807) is 0 Å². The molecule has 17 heavy (non-hydrogen) atoms. The van der Waals surface area contributed by atoms with Gasteiger partial charge in [0.05, 0.1) is 19.2 Å². The molecule has 1 unspecified atom stereocenters. The lowest BCUT2D eigenvalue weighted by molar-refractivity contribution is -0.132. The number of aliphatic imine (C=N–C) groups is 1. The predicted octanol–water partition coefficient (Wildman–Crippen LogP) is -3.66. The van der Waals surface area contributed by atoms with E-state index in [1.165, 1.54) is 0 Å². The molecule has 0 bridgehead atoms. The first-order valence-corrected chi connectivity index (χ1v) is 5.49. The molecule has 1 saturated heterocycles. The molecule has 0 aromatic rings. The van der Waals surface area contributed by atoms with Crippen molar-refractivity contribution >= 4 is 5.96 Å². The van der Waals surface area contributed by atoms with E-state index in [9.17, 15) is 20.4 Å². The van der Waals surface area contributed by atoms with Crippen LogP contribution in [0.15, 0.2) is 4.99 Å². The Labute approximate surface area is 97.9 Å². The first kappa shape index (κ1) is 12.5. The van der Waals surface area contributed by atoms with E-state index in [4.69, 9.17) is 4.74 Å². The maximum absolute atomic E-state index is 9.66. The molecule has 2 heterocycles. The van der Waals surface area contributed by atoms with Crippen molar-refractivity contribution in [3.8, 4) is 0 Å². The molecule has 0 aromatic carbocycles. The maximum atomic E-state index is 9.66. The molecule has 98 valence electrons. The highest BCUT2D eigenvalue weighted by Crippen LogP contribution is 2.22. The zero-order chi connectivity index (χ0) is 12.4. The average molecular weight is 247 g/mol. The highest BCUT2D eigenvalue weighted by molar-refractivity contribution is 5.81. The van der Waals surface area contributed by atoms with Crippen LogP contribution in [0.3, 0.4) is 0 Å². The molecule has 8 nitrogen and oxygen atoms in total.